The number of nitrogens with one attached hydrogen (secondary N) is 1. The van der Waals surface area contributed by atoms with Crippen LogP contribution in [0.4, 0.5) is 10.5 Å². The number of rotatable bonds is 3. The molecule has 2 atom stereocenters. The first-order valence-corrected chi connectivity index (χ1v) is 9.52. The van der Waals surface area contributed by atoms with Crippen molar-refractivity contribution >= 4 is 22.8 Å². The molecule has 2 aromatic heterocycles. The van der Waals surface area contributed by atoms with Gasteiger partial charge in [-0.3, -0.25) is 0 Å². The highest BCUT2D eigenvalue weighted by atomic mass is 16.6. The van der Waals surface area contributed by atoms with Crippen molar-refractivity contribution in [3.05, 3.63) is 24.0 Å². The third-order valence-electron chi connectivity index (χ3n) is 4.76. The number of aryl methyl sites for hydroxylation is 1. The van der Waals surface area contributed by atoms with Crippen LogP contribution < -0.4 is 10.2 Å². The van der Waals surface area contributed by atoms with E-state index in [0.717, 1.165) is 41.8 Å². The number of piperidine rings is 1. The predicted octanol–water partition coefficient (Wildman–Crippen LogP) is 3.12. The number of pyridine rings is 1. The van der Waals surface area contributed by atoms with Gasteiger partial charge in [0.2, 0.25) is 0 Å². The lowest BCUT2D eigenvalue weighted by Gasteiger charge is -2.34. The summed E-state index contributed by atoms with van der Waals surface area (Å²) in [6, 6.07) is 3.75. The topological polar surface area (TPSA) is 79.6 Å². The SMILES string of the molecule is C[C@H](NC(=O)OC(C)(C)C)c1nc2ccn(C)c2cc1N1CCCC(O)C1. The fourth-order valence-corrected chi connectivity index (χ4v) is 3.49. The number of anilines is 1. The van der Waals surface area contributed by atoms with Crippen LogP contribution in [0.1, 0.15) is 52.3 Å². The zero-order chi connectivity index (χ0) is 19.8. The van der Waals surface area contributed by atoms with Crippen molar-refractivity contribution in [1.29, 1.82) is 0 Å². The Hall–Kier alpha value is -2.28. The van der Waals surface area contributed by atoms with Crippen LogP contribution in [0.15, 0.2) is 18.3 Å². The van der Waals surface area contributed by atoms with E-state index in [4.69, 9.17) is 9.72 Å². The first-order chi connectivity index (χ1) is 12.6. The van der Waals surface area contributed by atoms with E-state index in [1.807, 2.05) is 51.6 Å². The maximum absolute atomic E-state index is 12.2. The molecule has 1 amide bonds. The molecule has 2 aromatic rings. The second kappa shape index (κ2) is 7.38. The standard InChI is InChI=1S/C20H30N4O3/c1-13(21-19(26)27-20(2,3)4)18-17(24-9-6-7-14(25)12-24)11-16-15(22-18)8-10-23(16)5/h8,10-11,13-14,25H,6-7,9,12H2,1-5H3,(H,21,26)/t13-,14?/m0/s1. The van der Waals surface area contributed by atoms with Gasteiger partial charge in [-0.15, -0.1) is 0 Å². The van der Waals surface area contributed by atoms with E-state index in [2.05, 4.69) is 16.3 Å². The van der Waals surface area contributed by atoms with E-state index in [1.54, 1.807) is 0 Å². The molecule has 0 saturated carbocycles. The molecule has 1 saturated heterocycles. The summed E-state index contributed by atoms with van der Waals surface area (Å²) in [4.78, 5) is 19.2. The summed E-state index contributed by atoms with van der Waals surface area (Å²) in [6.45, 7) is 8.86. The van der Waals surface area contributed by atoms with Crippen molar-refractivity contribution in [3.63, 3.8) is 0 Å². The number of β-amino-alcohol motifs (C(OH)–C–C–N with tert-alkyl or cyclic N) is 1. The molecule has 2 N–H and O–H groups in total. The number of aliphatic hydroxyl groups excluding tert-OH is 1. The molecular weight excluding hydrogens is 344 g/mol. The second-order valence-corrected chi connectivity index (χ2v) is 8.33. The van der Waals surface area contributed by atoms with Crippen molar-refractivity contribution in [2.75, 3.05) is 18.0 Å². The highest BCUT2D eigenvalue weighted by Crippen LogP contribution is 2.31. The fourth-order valence-electron chi connectivity index (χ4n) is 3.49. The molecule has 7 heteroatoms. The maximum atomic E-state index is 12.2. The van der Waals surface area contributed by atoms with Crippen LogP contribution in [0.3, 0.4) is 0 Å². The van der Waals surface area contributed by atoms with Crippen LogP contribution in [0, 0.1) is 0 Å². The molecule has 1 fully saturated rings. The quantitative estimate of drug-likeness (QED) is 0.863. The fraction of sp³-hybridized carbons (Fsp3) is 0.600. The van der Waals surface area contributed by atoms with Crippen LogP contribution in [-0.4, -0.2) is 45.5 Å². The van der Waals surface area contributed by atoms with Crippen molar-refractivity contribution in [2.45, 2.75) is 58.3 Å². The minimum absolute atomic E-state index is 0.321. The number of fused-ring (bicyclic) bond motifs is 1. The van der Waals surface area contributed by atoms with Crippen molar-refractivity contribution in [1.82, 2.24) is 14.9 Å². The normalized spacial score (nSPS) is 19.2. The first kappa shape index (κ1) is 19.5. The van der Waals surface area contributed by atoms with Crippen LogP contribution in [-0.2, 0) is 11.8 Å². The number of carbonyl (C=O) groups excluding carboxylic acids is 1. The lowest BCUT2D eigenvalue weighted by Crippen LogP contribution is -2.40. The smallest absolute Gasteiger partial charge is 0.408 e. The minimum atomic E-state index is -0.555. The van der Waals surface area contributed by atoms with Gasteiger partial charge in [0, 0.05) is 26.3 Å². The molecular formula is C20H30N4O3. The summed E-state index contributed by atoms with van der Waals surface area (Å²) in [5.74, 6) is 0. The third-order valence-corrected chi connectivity index (χ3v) is 4.76. The number of amides is 1. The van der Waals surface area contributed by atoms with Gasteiger partial charge in [-0.25, -0.2) is 9.78 Å². The van der Waals surface area contributed by atoms with Gasteiger partial charge < -0.3 is 24.6 Å². The highest BCUT2D eigenvalue weighted by Gasteiger charge is 2.26. The van der Waals surface area contributed by atoms with Gasteiger partial charge in [-0.1, -0.05) is 0 Å². The number of nitrogens with zero attached hydrogens (tertiary/aromatic N) is 3. The minimum Gasteiger partial charge on any atom is -0.444 e. The average molecular weight is 374 g/mol. The molecule has 7 nitrogen and oxygen atoms in total. The summed E-state index contributed by atoms with van der Waals surface area (Å²) in [7, 11) is 1.99. The molecule has 0 aliphatic carbocycles. The molecule has 148 valence electrons. The number of carbonyl (C=O) groups is 1. The summed E-state index contributed by atoms with van der Waals surface area (Å²) < 4.78 is 7.42. The Bertz CT molecular complexity index is 824. The van der Waals surface area contributed by atoms with Gasteiger partial charge in [0.15, 0.2) is 0 Å². The van der Waals surface area contributed by atoms with E-state index in [0.29, 0.717) is 6.54 Å². The van der Waals surface area contributed by atoms with Crippen LogP contribution in [0.2, 0.25) is 0 Å². The Balaban J connectivity index is 1.94. The number of aliphatic hydroxyl groups is 1. The van der Waals surface area contributed by atoms with Crippen molar-refractivity contribution in [2.24, 2.45) is 7.05 Å². The Labute approximate surface area is 160 Å². The van der Waals surface area contributed by atoms with Crippen LogP contribution in [0.5, 0.6) is 0 Å². The predicted molar refractivity (Wildman–Crippen MR) is 106 cm³/mol. The first-order valence-electron chi connectivity index (χ1n) is 9.52. The van der Waals surface area contributed by atoms with Gasteiger partial charge in [0.1, 0.15) is 5.60 Å². The summed E-state index contributed by atoms with van der Waals surface area (Å²) in [6.07, 6.45) is 2.92. The summed E-state index contributed by atoms with van der Waals surface area (Å²) in [5.41, 5.74) is 3.09. The van der Waals surface area contributed by atoms with Gasteiger partial charge >= 0.3 is 6.09 Å². The van der Waals surface area contributed by atoms with Gasteiger partial charge in [0.25, 0.3) is 0 Å². The lowest BCUT2D eigenvalue weighted by molar-refractivity contribution is 0.0507. The number of hydrogen-bond acceptors (Lipinski definition) is 5. The number of hydrogen-bond donors (Lipinski definition) is 2. The van der Waals surface area contributed by atoms with E-state index in [1.165, 1.54) is 0 Å². The van der Waals surface area contributed by atoms with Crippen molar-refractivity contribution < 1.29 is 14.6 Å². The molecule has 27 heavy (non-hydrogen) atoms. The molecule has 0 bridgehead atoms. The Morgan fingerprint density at radius 3 is 2.85 bits per heavy atom. The van der Waals surface area contributed by atoms with Gasteiger partial charge in [0.05, 0.1) is 34.6 Å². The van der Waals surface area contributed by atoms with E-state index >= 15 is 0 Å². The highest BCUT2D eigenvalue weighted by molar-refractivity contribution is 5.81. The van der Waals surface area contributed by atoms with E-state index in [-0.39, 0.29) is 12.1 Å². The van der Waals surface area contributed by atoms with E-state index < -0.39 is 11.7 Å². The monoisotopic (exact) mass is 374 g/mol. The van der Waals surface area contributed by atoms with Crippen LogP contribution >= 0.6 is 0 Å². The zero-order valence-corrected chi connectivity index (χ0v) is 16.8. The number of aromatic nitrogens is 2. The third kappa shape index (κ3) is 4.53. The molecule has 1 aliphatic heterocycles. The van der Waals surface area contributed by atoms with Crippen molar-refractivity contribution in [3.8, 4) is 0 Å². The molecule has 0 aromatic carbocycles. The number of alkyl carbamates (subject to hydrolysis) is 1. The summed E-state index contributed by atoms with van der Waals surface area (Å²) in [5, 5.41) is 13.0. The second-order valence-electron chi connectivity index (χ2n) is 8.33. The number of ether oxygens (including phenoxy) is 1. The molecule has 3 rings (SSSR count). The molecule has 1 aliphatic rings. The molecule has 0 radical (unpaired) electrons. The Morgan fingerprint density at radius 2 is 2.19 bits per heavy atom. The van der Waals surface area contributed by atoms with Crippen LogP contribution in [0.25, 0.3) is 11.0 Å². The zero-order valence-electron chi connectivity index (χ0n) is 16.8. The molecule has 0 spiro atoms. The summed E-state index contributed by atoms with van der Waals surface area (Å²) >= 11 is 0. The molecule has 3 heterocycles. The Kier molecular flexibility index (Phi) is 5.33. The van der Waals surface area contributed by atoms with E-state index in [9.17, 15) is 9.90 Å². The van der Waals surface area contributed by atoms with Gasteiger partial charge in [-0.05, 0) is 52.7 Å². The van der Waals surface area contributed by atoms with Gasteiger partial charge in [-0.2, -0.15) is 0 Å². The lowest BCUT2D eigenvalue weighted by atomic mass is 10.0. The molecule has 1 unspecified atom stereocenters. The average Bonchev–Trinajstić information content (AvgIpc) is 2.92. The largest absolute Gasteiger partial charge is 0.444 e. The Morgan fingerprint density at radius 1 is 1.44 bits per heavy atom. The maximum Gasteiger partial charge on any atom is 0.408 e.